The Hall–Kier alpha value is -1.87. The van der Waals surface area contributed by atoms with Gasteiger partial charge in [0.15, 0.2) is 0 Å². The van der Waals surface area contributed by atoms with E-state index in [1.807, 2.05) is 13.8 Å². The van der Waals surface area contributed by atoms with Gasteiger partial charge in [0.2, 0.25) is 11.8 Å². The normalized spacial score (nSPS) is 25.2. The maximum absolute atomic E-state index is 12.8. The number of carbonyl (C=O) groups excluding carboxylic acids is 3. The van der Waals surface area contributed by atoms with Crippen molar-refractivity contribution in [3.63, 3.8) is 0 Å². The highest BCUT2D eigenvalue weighted by molar-refractivity contribution is 5.86. The minimum atomic E-state index is -0.743. The lowest BCUT2D eigenvalue weighted by molar-refractivity contribution is -0.128. The minimum absolute atomic E-state index is 0.0425. The van der Waals surface area contributed by atoms with Crippen molar-refractivity contribution in [1.29, 1.82) is 0 Å². The standard InChI is InChI=1S/C21H36N4O5/c1-13(2)6-17(19(28)23-15(10-26)7-14-4-5-22-18(14)27)24-20(29)30-16-8-21(9-16)11-25(3)12-21/h13-17,26H,4-12H2,1-3H3,(H,22,27)(H,23,28)(H,24,29)/t14-,15-,17-/m0/s1. The average Bonchev–Trinajstić information content (AvgIpc) is 3.01. The first-order valence-corrected chi connectivity index (χ1v) is 11.0. The number of aliphatic hydroxyl groups is 1. The molecule has 0 bridgehead atoms. The summed E-state index contributed by atoms with van der Waals surface area (Å²) in [5.41, 5.74) is 0.315. The van der Waals surface area contributed by atoms with Crippen molar-refractivity contribution in [3.05, 3.63) is 0 Å². The molecule has 2 saturated heterocycles. The molecule has 9 heteroatoms. The largest absolute Gasteiger partial charge is 0.446 e. The van der Waals surface area contributed by atoms with Crippen molar-refractivity contribution >= 4 is 17.9 Å². The van der Waals surface area contributed by atoms with Crippen molar-refractivity contribution in [3.8, 4) is 0 Å². The van der Waals surface area contributed by atoms with Gasteiger partial charge in [-0.05, 0) is 45.1 Å². The summed E-state index contributed by atoms with van der Waals surface area (Å²) in [5.74, 6) is -0.421. The third kappa shape index (κ3) is 5.63. The maximum Gasteiger partial charge on any atom is 0.408 e. The van der Waals surface area contributed by atoms with Crippen LogP contribution in [-0.2, 0) is 14.3 Å². The molecule has 170 valence electrons. The van der Waals surface area contributed by atoms with E-state index in [1.165, 1.54) is 0 Å². The highest BCUT2D eigenvalue weighted by atomic mass is 16.6. The highest BCUT2D eigenvalue weighted by Gasteiger charge is 2.52. The van der Waals surface area contributed by atoms with Crippen molar-refractivity contribution in [2.75, 3.05) is 33.3 Å². The van der Waals surface area contributed by atoms with Gasteiger partial charge in [-0.25, -0.2) is 4.79 Å². The summed E-state index contributed by atoms with van der Waals surface area (Å²) in [7, 11) is 2.08. The van der Waals surface area contributed by atoms with E-state index < -0.39 is 18.2 Å². The van der Waals surface area contributed by atoms with Crippen LogP contribution < -0.4 is 16.0 Å². The van der Waals surface area contributed by atoms with E-state index in [0.29, 0.717) is 31.2 Å². The number of carbonyl (C=O) groups is 3. The van der Waals surface area contributed by atoms with Gasteiger partial charge in [-0.2, -0.15) is 0 Å². The van der Waals surface area contributed by atoms with Gasteiger partial charge in [-0.1, -0.05) is 13.8 Å². The lowest BCUT2D eigenvalue weighted by Crippen LogP contribution is -2.63. The van der Waals surface area contributed by atoms with Crippen molar-refractivity contribution < 1.29 is 24.2 Å². The topological polar surface area (TPSA) is 120 Å². The molecule has 3 atom stereocenters. The van der Waals surface area contributed by atoms with Gasteiger partial charge in [0, 0.05) is 31.0 Å². The molecule has 0 radical (unpaired) electrons. The van der Waals surface area contributed by atoms with Crippen LogP contribution in [0.1, 0.15) is 46.0 Å². The van der Waals surface area contributed by atoms with Crippen LogP contribution in [0, 0.1) is 17.3 Å². The molecule has 1 aliphatic carbocycles. The quantitative estimate of drug-likeness (QED) is 0.420. The molecule has 0 unspecified atom stereocenters. The zero-order valence-electron chi connectivity index (χ0n) is 18.3. The number of nitrogens with one attached hydrogen (secondary N) is 3. The van der Waals surface area contributed by atoms with Gasteiger partial charge in [0.25, 0.3) is 0 Å². The smallest absolute Gasteiger partial charge is 0.408 e. The third-order valence-corrected chi connectivity index (χ3v) is 6.42. The summed E-state index contributed by atoms with van der Waals surface area (Å²) < 4.78 is 5.52. The second kappa shape index (κ2) is 9.51. The van der Waals surface area contributed by atoms with Crippen molar-refractivity contribution in [1.82, 2.24) is 20.9 Å². The van der Waals surface area contributed by atoms with Crippen molar-refractivity contribution in [2.24, 2.45) is 17.3 Å². The predicted octanol–water partition coefficient (Wildman–Crippen LogP) is 0.225. The molecule has 2 heterocycles. The molecule has 3 rings (SSSR count). The maximum atomic E-state index is 12.8. The molecule has 1 spiro atoms. The Morgan fingerprint density at radius 2 is 2.00 bits per heavy atom. The molecular formula is C21H36N4O5. The number of hydrogen-bond donors (Lipinski definition) is 4. The van der Waals surface area contributed by atoms with E-state index in [4.69, 9.17) is 4.74 Å². The second-order valence-electron chi connectivity index (χ2n) is 9.83. The highest BCUT2D eigenvalue weighted by Crippen LogP contribution is 2.48. The van der Waals surface area contributed by atoms with Crippen LogP contribution in [0.2, 0.25) is 0 Å². The molecule has 0 aromatic heterocycles. The van der Waals surface area contributed by atoms with Crippen LogP contribution in [0.5, 0.6) is 0 Å². The van der Waals surface area contributed by atoms with E-state index in [-0.39, 0.29) is 36.4 Å². The van der Waals surface area contributed by atoms with Gasteiger partial charge in [-0.3, -0.25) is 9.59 Å². The molecule has 3 amide bonds. The Bertz CT molecular complexity index is 641. The summed E-state index contributed by atoms with van der Waals surface area (Å²) in [5, 5.41) is 17.9. The SMILES string of the molecule is CC(C)C[C@H](NC(=O)OC1CC2(C1)CN(C)C2)C(=O)N[C@H](CO)C[C@@H]1CCNC1=O. The molecule has 3 fully saturated rings. The van der Waals surface area contributed by atoms with Crippen molar-refractivity contribution in [2.45, 2.75) is 64.1 Å². The molecule has 0 aromatic carbocycles. The van der Waals surface area contributed by atoms with Crippen LogP contribution in [0.15, 0.2) is 0 Å². The number of rotatable bonds is 9. The van der Waals surface area contributed by atoms with Crippen LogP contribution in [0.3, 0.4) is 0 Å². The van der Waals surface area contributed by atoms with E-state index in [1.54, 1.807) is 0 Å². The number of aliphatic hydroxyl groups excluding tert-OH is 1. The number of nitrogens with zero attached hydrogens (tertiary/aromatic N) is 1. The number of likely N-dealkylation sites (tertiary alicyclic amines) is 1. The molecular weight excluding hydrogens is 388 g/mol. The molecule has 2 aliphatic heterocycles. The Kier molecular flexibility index (Phi) is 7.23. The zero-order valence-corrected chi connectivity index (χ0v) is 18.3. The first kappa shape index (κ1) is 22.8. The Labute approximate surface area is 178 Å². The monoisotopic (exact) mass is 424 g/mol. The fraction of sp³-hybridized carbons (Fsp3) is 0.857. The summed E-state index contributed by atoms with van der Waals surface area (Å²) in [6.45, 7) is 6.42. The lowest BCUT2D eigenvalue weighted by Gasteiger charge is -2.57. The number of amides is 3. The number of ether oxygens (including phenoxy) is 1. The Balaban J connectivity index is 1.47. The first-order valence-electron chi connectivity index (χ1n) is 11.0. The van der Waals surface area contributed by atoms with Gasteiger partial charge in [0.1, 0.15) is 12.1 Å². The molecule has 9 nitrogen and oxygen atoms in total. The molecule has 3 aliphatic rings. The Morgan fingerprint density at radius 1 is 1.30 bits per heavy atom. The number of hydrogen-bond acceptors (Lipinski definition) is 6. The molecule has 1 saturated carbocycles. The molecule has 30 heavy (non-hydrogen) atoms. The van der Waals surface area contributed by atoms with E-state index in [0.717, 1.165) is 25.9 Å². The fourth-order valence-corrected chi connectivity index (χ4v) is 5.07. The van der Waals surface area contributed by atoms with Gasteiger partial charge in [-0.15, -0.1) is 0 Å². The third-order valence-electron chi connectivity index (χ3n) is 6.42. The summed E-state index contributed by atoms with van der Waals surface area (Å²) in [6, 6.07) is -1.27. The summed E-state index contributed by atoms with van der Waals surface area (Å²) in [6.07, 6.45) is 2.63. The second-order valence-corrected chi connectivity index (χ2v) is 9.83. The predicted molar refractivity (Wildman–Crippen MR) is 111 cm³/mol. The Morgan fingerprint density at radius 3 is 2.53 bits per heavy atom. The fourth-order valence-electron chi connectivity index (χ4n) is 5.07. The zero-order chi connectivity index (χ0) is 21.9. The number of alkyl carbamates (subject to hydrolysis) is 1. The van der Waals surface area contributed by atoms with Crippen LogP contribution in [-0.4, -0.2) is 79.4 Å². The lowest BCUT2D eigenvalue weighted by atomic mass is 9.62. The average molecular weight is 425 g/mol. The van der Waals surface area contributed by atoms with Crippen LogP contribution >= 0.6 is 0 Å². The first-order chi connectivity index (χ1) is 14.2. The molecule has 4 N–H and O–H groups in total. The molecule has 0 aromatic rings. The van der Waals surface area contributed by atoms with Crippen LogP contribution in [0.25, 0.3) is 0 Å². The van der Waals surface area contributed by atoms with E-state index >= 15 is 0 Å². The van der Waals surface area contributed by atoms with Gasteiger partial charge >= 0.3 is 6.09 Å². The summed E-state index contributed by atoms with van der Waals surface area (Å²) in [4.78, 5) is 39.2. The van der Waals surface area contributed by atoms with E-state index in [2.05, 4.69) is 27.9 Å². The van der Waals surface area contributed by atoms with E-state index in [9.17, 15) is 19.5 Å². The minimum Gasteiger partial charge on any atom is -0.446 e. The summed E-state index contributed by atoms with van der Waals surface area (Å²) >= 11 is 0. The van der Waals surface area contributed by atoms with Crippen LogP contribution in [0.4, 0.5) is 4.79 Å². The van der Waals surface area contributed by atoms with Gasteiger partial charge < -0.3 is 30.7 Å². The van der Waals surface area contributed by atoms with Gasteiger partial charge in [0.05, 0.1) is 12.6 Å².